The number of hydrogen-bond donors (Lipinski definition) is 1. The fourth-order valence-corrected chi connectivity index (χ4v) is 1.41. The maximum Gasteiger partial charge on any atom is 0.260 e. The molecule has 0 bridgehead atoms. The number of hydrogen-bond acceptors (Lipinski definition) is 4. The van der Waals surface area contributed by atoms with Crippen LogP contribution in [0.15, 0.2) is 58.8 Å². The summed E-state index contributed by atoms with van der Waals surface area (Å²) < 4.78 is 1.30. The van der Waals surface area contributed by atoms with Gasteiger partial charge in [0.25, 0.3) is 11.5 Å². The van der Waals surface area contributed by atoms with Crippen molar-refractivity contribution in [2.75, 3.05) is 0 Å². The lowest BCUT2D eigenvalue weighted by Gasteiger charge is -2.02. The zero-order valence-corrected chi connectivity index (χ0v) is 10.1. The maximum atomic E-state index is 11.6. The largest absolute Gasteiger partial charge is 0.306 e. The van der Waals surface area contributed by atoms with Crippen LogP contribution in [0.1, 0.15) is 5.56 Å². The average Bonchev–Trinajstić information content (AvgIpc) is 2.43. The van der Waals surface area contributed by atoms with E-state index in [-0.39, 0.29) is 18.0 Å². The number of nitrogens with one attached hydrogen (secondary N) is 1. The normalized spacial score (nSPS) is 10.5. The minimum absolute atomic E-state index is 0.0654. The summed E-state index contributed by atoms with van der Waals surface area (Å²) in [4.78, 5) is 26.9. The molecule has 6 heteroatoms. The molecule has 19 heavy (non-hydrogen) atoms. The molecule has 0 aliphatic rings. The number of pyridine rings is 2. The minimum Gasteiger partial charge on any atom is -0.306 e. The molecule has 0 spiro atoms. The topological polar surface area (TPSA) is 76.3 Å². The minimum atomic E-state index is -0.367. The molecule has 2 rings (SSSR count). The third-order valence-electron chi connectivity index (χ3n) is 2.30. The number of aromatic nitrogens is 2. The molecule has 96 valence electrons. The Hall–Kier alpha value is -2.76. The monoisotopic (exact) mass is 256 g/mol. The zero-order chi connectivity index (χ0) is 13.5. The highest BCUT2D eigenvalue weighted by Gasteiger charge is 2.01. The second-order valence-corrected chi connectivity index (χ2v) is 3.75. The van der Waals surface area contributed by atoms with Crippen LogP contribution in [-0.4, -0.2) is 21.7 Å². The van der Waals surface area contributed by atoms with Crippen molar-refractivity contribution in [3.8, 4) is 0 Å². The van der Waals surface area contributed by atoms with E-state index in [1.165, 1.54) is 16.8 Å². The van der Waals surface area contributed by atoms with Crippen LogP contribution in [0, 0.1) is 0 Å². The molecule has 1 amide bonds. The zero-order valence-electron chi connectivity index (χ0n) is 10.1. The van der Waals surface area contributed by atoms with Crippen molar-refractivity contribution in [1.29, 1.82) is 0 Å². The molecule has 0 fully saturated rings. The summed E-state index contributed by atoms with van der Waals surface area (Å²) in [5.41, 5.74) is 2.90. The van der Waals surface area contributed by atoms with Crippen molar-refractivity contribution in [1.82, 2.24) is 15.0 Å². The van der Waals surface area contributed by atoms with Gasteiger partial charge in [-0.15, -0.1) is 0 Å². The van der Waals surface area contributed by atoms with Crippen LogP contribution in [0.3, 0.4) is 0 Å². The second kappa shape index (κ2) is 6.25. The number of carbonyl (C=O) groups excluding carboxylic acids is 1. The van der Waals surface area contributed by atoms with Crippen LogP contribution in [0.2, 0.25) is 0 Å². The summed E-state index contributed by atoms with van der Waals surface area (Å²) in [5.74, 6) is -0.367. The second-order valence-electron chi connectivity index (χ2n) is 3.75. The highest BCUT2D eigenvalue weighted by atomic mass is 16.2. The third-order valence-corrected chi connectivity index (χ3v) is 2.30. The van der Waals surface area contributed by atoms with Crippen LogP contribution in [-0.2, 0) is 11.3 Å². The lowest BCUT2D eigenvalue weighted by atomic mass is 10.3. The molecule has 2 heterocycles. The summed E-state index contributed by atoms with van der Waals surface area (Å²) in [7, 11) is 0. The Labute approximate surface area is 109 Å². The van der Waals surface area contributed by atoms with Gasteiger partial charge in [-0.25, -0.2) is 5.43 Å². The Morgan fingerprint density at radius 3 is 3.00 bits per heavy atom. The van der Waals surface area contributed by atoms with Crippen molar-refractivity contribution in [2.24, 2.45) is 5.10 Å². The van der Waals surface area contributed by atoms with E-state index >= 15 is 0 Å². The highest BCUT2D eigenvalue weighted by molar-refractivity contribution is 5.81. The summed E-state index contributed by atoms with van der Waals surface area (Å²) in [6.45, 7) is -0.0654. The molecule has 1 N–H and O–H groups in total. The lowest BCUT2D eigenvalue weighted by molar-refractivity contribution is -0.121. The van der Waals surface area contributed by atoms with Gasteiger partial charge in [-0.2, -0.15) is 5.10 Å². The SMILES string of the molecule is O=C(Cn1ccccc1=O)N/N=C\c1cccnc1. The first-order valence-electron chi connectivity index (χ1n) is 5.63. The van der Waals surface area contributed by atoms with E-state index in [0.29, 0.717) is 0 Å². The van der Waals surface area contributed by atoms with Gasteiger partial charge < -0.3 is 4.57 Å². The van der Waals surface area contributed by atoms with Crippen LogP contribution in [0.5, 0.6) is 0 Å². The summed E-state index contributed by atoms with van der Waals surface area (Å²) in [6, 6.07) is 8.29. The Kier molecular flexibility index (Phi) is 4.17. The average molecular weight is 256 g/mol. The van der Waals surface area contributed by atoms with Crippen molar-refractivity contribution in [3.05, 3.63) is 64.8 Å². The predicted octanol–water partition coefficient (Wildman–Crippen LogP) is 0.394. The Morgan fingerprint density at radius 1 is 1.37 bits per heavy atom. The molecule has 0 unspecified atom stereocenters. The molecule has 2 aromatic rings. The molecule has 0 saturated carbocycles. The summed E-state index contributed by atoms with van der Waals surface area (Å²) in [5, 5.41) is 3.79. The van der Waals surface area contributed by atoms with Gasteiger partial charge in [0.15, 0.2) is 0 Å². The predicted molar refractivity (Wildman–Crippen MR) is 70.7 cm³/mol. The van der Waals surface area contributed by atoms with Gasteiger partial charge in [-0.1, -0.05) is 12.1 Å². The first-order chi connectivity index (χ1) is 9.25. The molecule has 0 saturated heterocycles. The van der Waals surface area contributed by atoms with E-state index in [4.69, 9.17) is 0 Å². The quantitative estimate of drug-likeness (QED) is 0.635. The van der Waals surface area contributed by atoms with Crippen molar-refractivity contribution in [2.45, 2.75) is 6.54 Å². The number of rotatable bonds is 4. The lowest BCUT2D eigenvalue weighted by Crippen LogP contribution is -2.28. The number of nitrogens with zero attached hydrogens (tertiary/aromatic N) is 3. The van der Waals surface area contributed by atoms with Crippen LogP contribution in [0.4, 0.5) is 0 Å². The van der Waals surface area contributed by atoms with Crippen molar-refractivity contribution >= 4 is 12.1 Å². The van der Waals surface area contributed by atoms with E-state index < -0.39 is 0 Å². The summed E-state index contributed by atoms with van der Waals surface area (Å²) >= 11 is 0. The molecule has 0 aromatic carbocycles. The van der Waals surface area contributed by atoms with Gasteiger partial charge in [-0.3, -0.25) is 14.6 Å². The van der Waals surface area contributed by atoms with E-state index in [1.54, 1.807) is 36.8 Å². The molecule has 0 radical (unpaired) electrons. The molecule has 0 aliphatic carbocycles. The third kappa shape index (κ3) is 3.88. The van der Waals surface area contributed by atoms with Gasteiger partial charge in [0, 0.05) is 30.2 Å². The molecule has 6 nitrogen and oxygen atoms in total. The molecule has 2 aromatic heterocycles. The summed E-state index contributed by atoms with van der Waals surface area (Å²) in [6.07, 6.45) is 6.31. The van der Waals surface area contributed by atoms with Crippen LogP contribution >= 0.6 is 0 Å². The molecule has 0 atom stereocenters. The van der Waals surface area contributed by atoms with Gasteiger partial charge in [-0.05, 0) is 12.1 Å². The van der Waals surface area contributed by atoms with E-state index in [1.807, 2.05) is 6.07 Å². The number of amides is 1. The fourth-order valence-electron chi connectivity index (χ4n) is 1.41. The van der Waals surface area contributed by atoms with Crippen molar-refractivity contribution < 1.29 is 4.79 Å². The van der Waals surface area contributed by atoms with Gasteiger partial charge >= 0.3 is 0 Å². The highest BCUT2D eigenvalue weighted by Crippen LogP contribution is 1.89. The maximum absolute atomic E-state index is 11.6. The van der Waals surface area contributed by atoms with Gasteiger partial charge in [0.05, 0.1) is 6.21 Å². The number of hydrazone groups is 1. The van der Waals surface area contributed by atoms with E-state index in [2.05, 4.69) is 15.5 Å². The Bertz CT molecular complexity index is 634. The van der Waals surface area contributed by atoms with Gasteiger partial charge in [0.1, 0.15) is 6.54 Å². The van der Waals surface area contributed by atoms with Gasteiger partial charge in [0.2, 0.25) is 0 Å². The Morgan fingerprint density at radius 2 is 2.26 bits per heavy atom. The van der Waals surface area contributed by atoms with Crippen LogP contribution < -0.4 is 11.0 Å². The number of carbonyl (C=O) groups is 1. The standard InChI is InChI=1S/C13H12N4O2/c18-12(10-17-7-2-1-5-13(17)19)16-15-9-11-4-3-6-14-8-11/h1-9H,10H2,(H,16,18)/b15-9-. The van der Waals surface area contributed by atoms with E-state index in [0.717, 1.165) is 5.56 Å². The first kappa shape index (κ1) is 12.7. The molecule has 0 aliphatic heterocycles. The fraction of sp³-hybridized carbons (Fsp3) is 0.0769. The molecular weight excluding hydrogens is 244 g/mol. The van der Waals surface area contributed by atoms with E-state index in [9.17, 15) is 9.59 Å². The molecular formula is C13H12N4O2. The smallest absolute Gasteiger partial charge is 0.260 e. The first-order valence-corrected chi connectivity index (χ1v) is 5.63. The van der Waals surface area contributed by atoms with Crippen molar-refractivity contribution in [3.63, 3.8) is 0 Å². The Balaban J connectivity index is 1.91. The van der Waals surface area contributed by atoms with Crippen LogP contribution in [0.25, 0.3) is 0 Å².